The van der Waals surface area contributed by atoms with Crippen molar-refractivity contribution in [1.82, 2.24) is 9.97 Å². The van der Waals surface area contributed by atoms with E-state index in [4.69, 9.17) is 4.42 Å². The topological polar surface area (TPSA) is 38.9 Å². The van der Waals surface area contributed by atoms with Gasteiger partial charge in [-0.3, -0.25) is 0 Å². The van der Waals surface area contributed by atoms with Crippen LogP contribution in [-0.2, 0) is 0 Å². The van der Waals surface area contributed by atoms with E-state index in [0.717, 1.165) is 17.3 Å². The molecule has 0 spiro atoms. The molecule has 0 saturated heterocycles. The minimum atomic E-state index is -0.415. The van der Waals surface area contributed by atoms with Gasteiger partial charge in [0.25, 0.3) is 0 Å². The van der Waals surface area contributed by atoms with Crippen LogP contribution in [-0.4, -0.2) is 9.97 Å². The van der Waals surface area contributed by atoms with Crippen LogP contribution in [0.25, 0.3) is 22.7 Å². The maximum atomic E-state index is 13.0. The van der Waals surface area contributed by atoms with Crippen LogP contribution in [0.2, 0.25) is 0 Å². The number of benzene rings is 1. The van der Waals surface area contributed by atoms with Gasteiger partial charge >= 0.3 is 0 Å². The molecule has 0 fully saturated rings. The molecule has 0 unspecified atom stereocenters. The quantitative estimate of drug-likeness (QED) is 0.641. The van der Waals surface area contributed by atoms with Crippen molar-refractivity contribution in [3.8, 4) is 11.5 Å². The fourth-order valence-corrected chi connectivity index (χ4v) is 1.73. The summed E-state index contributed by atoms with van der Waals surface area (Å²) in [5.41, 5.74) is 2.73. The summed E-state index contributed by atoms with van der Waals surface area (Å²) >= 11 is 0. The molecule has 0 aliphatic rings. The molecule has 17 heavy (non-hydrogen) atoms. The maximum absolute atomic E-state index is 13.0. The summed E-state index contributed by atoms with van der Waals surface area (Å²) in [5.74, 6) is 0.0540. The lowest BCUT2D eigenvalue weighted by molar-refractivity contribution is 0.597. The highest BCUT2D eigenvalue weighted by Gasteiger charge is 2.11. The molecule has 0 amide bonds. The van der Waals surface area contributed by atoms with E-state index < -0.39 is 5.82 Å². The Morgan fingerprint density at radius 3 is 2.88 bits per heavy atom. The second-order valence-electron chi connectivity index (χ2n) is 3.81. The fraction of sp³-hybridized carbons (Fsp3) is 0.0769. The summed E-state index contributed by atoms with van der Waals surface area (Å²) in [5, 5.41) is 0. The van der Waals surface area contributed by atoms with Crippen molar-refractivity contribution in [1.29, 1.82) is 0 Å². The third-order valence-corrected chi connectivity index (χ3v) is 2.59. The van der Waals surface area contributed by atoms with Crippen molar-refractivity contribution < 1.29 is 8.81 Å². The number of fused-ring (bicyclic) bond motifs is 1. The van der Waals surface area contributed by atoms with Crippen LogP contribution >= 0.6 is 0 Å². The molecule has 1 aromatic carbocycles. The van der Waals surface area contributed by atoms with E-state index in [9.17, 15) is 4.39 Å². The van der Waals surface area contributed by atoms with Crippen molar-refractivity contribution >= 4 is 11.2 Å². The van der Waals surface area contributed by atoms with Gasteiger partial charge < -0.3 is 4.42 Å². The monoisotopic (exact) mass is 228 g/mol. The minimum Gasteiger partial charge on any atom is -0.418 e. The standard InChI is InChI=1S/C13H9FN2O/c1-8-4-2-3-5-10(8)12-16-11-6-9(14)7-15-13(11)17-12/h2-7H,1H3. The number of nitrogens with zero attached hydrogens (tertiary/aromatic N) is 2. The first-order chi connectivity index (χ1) is 8.24. The number of hydrogen-bond donors (Lipinski definition) is 0. The van der Waals surface area contributed by atoms with E-state index in [1.54, 1.807) is 0 Å². The van der Waals surface area contributed by atoms with Crippen LogP contribution in [0, 0.1) is 12.7 Å². The predicted molar refractivity (Wildman–Crippen MR) is 61.9 cm³/mol. The summed E-state index contributed by atoms with van der Waals surface area (Å²) < 4.78 is 18.5. The molecular formula is C13H9FN2O. The Morgan fingerprint density at radius 2 is 2.06 bits per heavy atom. The zero-order chi connectivity index (χ0) is 11.8. The van der Waals surface area contributed by atoms with Crippen LogP contribution in [0.3, 0.4) is 0 Å². The van der Waals surface area contributed by atoms with E-state index in [0.29, 0.717) is 17.1 Å². The number of aryl methyl sites for hydroxylation is 1. The lowest BCUT2D eigenvalue weighted by Crippen LogP contribution is -1.81. The van der Waals surface area contributed by atoms with Gasteiger partial charge in [0.15, 0.2) is 0 Å². The van der Waals surface area contributed by atoms with Gasteiger partial charge in [-0.05, 0) is 18.6 Å². The van der Waals surface area contributed by atoms with Gasteiger partial charge in [-0.2, -0.15) is 0 Å². The van der Waals surface area contributed by atoms with Crippen molar-refractivity contribution in [2.75, 3.05) is 0 Å². The Balaban J connectivity index is 2.22. The summed E-state index contributed by atoms with van der Waals surface area (Å²) in [6.07, 6.45) is 1.12. The normalized spacial score (nSPS) is 10.9. The molecular weight excluding hydrogens is 219 g/mol. The smallest absolute Gasteiger partial charge is 0.247 e. The molecule has 0 bridgehead atoms. The second-order valence-corrected chi connectivity index (χ2v) is 3.81. The highest BCUT2D eigenvalue weighted by atomic mass is 19.1. The van der Waals surface area contributed by atoms with Crippen molar-refractivity contribution in [3.63, 3.8) is 0 Å². The van der Waals surface area contributed by atoms with Gasteiger partial charge in [-0.15, -0.1) is 0 Å². The highest BCUT2D eigenvalue weighted by Crippen LogP contribution is 2.25. The summed E-state index contributed by atoms with van der Waals surface area (Å²) in [6.45, 7) is 1.97. The molecule has 3 rings (SSSR count). The Bertz CT molecular complexity index is 691. The Morgan fingerprint density at radius 1 is 1.24 bits per heavy atom. The SMILES string of the molecule is Cc1ccccc1-c1nc2cc(F)cnc2o1. The third kappa shape index (κ3) is 1.67. The first-order valence-electron chi connectivity index (χ1n) is 5.22. The zero-order valence-electron chi connectivity index (χ0n) is 9.14. The average Bonchev–Trinajstić information content (AvgIpc) is 2.72. The molecule has 3 aromatic rings. The zero-order valence-corrected chi connectivity index (χ0v) is 9.14. The average molecular weight is 228 g/mol. The van der Waals surface area contributed by atoms with Gasteiger partial charge in [0.1, 0.15) is 11.3 Å². The molecule has 2 aromatic heterocycles. The third-order valence-electron chi connectivity index (χ3n) is 2.59. The summed E-state index contributed by atoms with van der Waals surface area (Å²) in [4.78, 5) is 8.09. The van der Waals surface area contributed by atoms with E-state index >= 15 is 0 Å². The van der Waals surface area contributed by atoms with Crippen molar-refractivity contribution in [2.45, 2.75) is 6.92 Å². The molecule has 2 heterocycles. The number of aromatic nitrogens is 2. The maximum Gasteiger partial charge on any atom is 0.247 e. The minimum absolute atomic E-state index is 0.352. The van der Waals surface area contributed by atoms with Crippen LogP contribution < -0.4 is 0 Å². The van der Waals surface area contributed by atoms with Crippen LogP contribution in [0.1, 0.15) is 5.56 Å². The highest BCUT2D eigenvalue weighted by molar-refractivity contribution is 5.73. The molecule has 0 aliphatic carbocycles. The lowest BCUT2D eigenvalue weighted by Gasteiger charge is -1.98. The summed E-state index contributed by atoms with van der Waals surface area (Å²) in [6, 6.07) is 9.05. The fourth-order valence-electron chi connectivity index (χ4n) is 1.73. The van der Waals surface area contributed by atoms with Gasteiger partial charge in [-0.1, -0.05) is 18.2 Å². The van der Waals surface area contributed by atoms with Crippen molar-refractivity contribution in [2.24, 2.45) is 0 Å². The van der Waals surface area contributed by atoms with Crippen LogP contribution in [0.4, 0.5) is 4.39 Å². The number of rotatable bonds is 1. The Kier molecular flexibility index (Phi) is 2.14. The summed E-state index contributed by atoms with van der Waals surface area (Å²) in [7, 11) is 0. The van der Waals surface area contributed by atoms with Crippen LogP contribution in [0.5, 0.6) is 0 Å². The predicted octanol–water partition coefficient (Wildman–Crippen LogP) is 3.34. The largest absolute Gasteiger partial charge is 0.418 e. The molecule has 0 aliphatic heterocycles. The van der Waals surface area contributed by atoms with Gasteiger partial charge in [0, 0.05) is 11.6 Å². The van der Waals surface area contributed by atoms with Gasteiger partial charge in [0.05, 0.1) is 6.20 Å². The van der Waals surface area contributed by atoms with E-state index in [-0.39, 0.29) is 0 Å². The van der Waals surface area contributed by atoms with Crippen molar-refractivity contribution in [3.05, 3.63) is 47.9 Å². The van der Waals surface area contributed by atoms with Gasteiger partial charge in [-0.25, -0.2) is 14.4 Å². The Labute approximate surface area is 96.9 Å². The van der Waals surface area contributed by atoms with Crippen LogP contribution in [0.15, 0.2) is 40.9 Å². The van der Waals surface area contributed by atoms with Gasteiger partial charge in [0.2, 0.25) is 11.6 Å². The molecule has 0 atom stereocenters. The molecule has 4 heteroatoms. The molecule has 0 saturated carbocycles. The number of halogens is 1. The molecule has 0 N–H and O–H groups in total. The Hall–Kier alpha value is -2.23. The van der Waals surface area contributed by atoms with E-state index in [1.165, 1.54) is 6.07 Å². The number of hydrogen-bond acceptors (Lipinski definition) is 3. The molecule has 0 radical (unpaired) electrons. The number of oxazole rings is 1. The van der Waals surface area contributed by atoms with E-state index in [2.05, 4.69) is 9.97 Å². The molecule has 3 nitrogen and oxygen atoms in total. The lowest BCUT2D eigenvalue weighted by atomic mass is 10.1. The second kappa shape index (κ2) is 3.66. The number of pyridine rings is 1. The first-order valence-corrected chi connectivity index (χ1v) is 5.22. The first kappa shape index (κ1) is 9.96. The van der Waals surface area contributed by atoms with E-state index in [1.807, 2.05) is 31.2 Å². The molecule has 84 valence electrons.